The molecule has 0 atom stereocenters. The minimum absolute atomic E-state index is 0.289. The molecule has 0 aliphatic rings. The molecule has 0 bridgehead atoms. The number of sulfonamides is 1. The predicted molar refractivity (Wildman–Crippen MR) is 129 cm³/mol. The van der Waals surface area contributed by atoms with Crippen LogP contribution in [0.2, 0.25) is 0 Å². The summed E-state index contributed by atoms with van der Waals surface area (Å²) in [6, 6.07) is 16.0. The van der Waals surface area contributed by atoms with Gasteiger partial charge in [0.25, 0.3) is 10.0 Å². The summed E-state index contributed by atoms with van der Waals surface area (Å²) < 4.78 is 27.9. The van der Waals surface area contributed by atoms with Gasteiger partial charge in [0.05, 0.1) is 0 Å². The number of hydrogen-bond donors (Lipinski definition) is 3. The molecule has 3 aromatic heterocycles. The molecule has 4 rings (SSSR count). The fraction of sp³-hybridized carbons (Fsp3) is 0.136. The van der Waals surface area contributed by atoms with Gasteiger partial charge in [0.1, 0.15) is 27.5 Å². The molecular weight excluding hydrogens is 444 g/mol. The molecule has 0 saturated carbocycles. The molecule has 8 nitrogen and oxygen atoms in total. The molecule has 164 valence electrons. The van der Waals surface area contributed by atoms with Crippen molar-refractivity contribution in [2.24, 2.45) is 0 Å². The molecule has 0 unspecified atom stereocenters. The van der Waals surface area contributed by atoms with Crippen molar-refractivity contribution in [1.82, 2.24) is 15.0 Å². The van der Waals surface area contributed by atoms with Crippen LogP contribution in [0.25, 0.3) is 0 Å². The van der Waals surface area contributed by atoms with Crippen LogP contribution in [0.5, 0.6) is 0 Å². The van der Waals surface area contributed by atoms with Crippen molar-refractivity contribution < 1.29 is 8.42 Å². The second-order valence-electron chi connectivity index (χ2n) is 7.20. The maximum Gasteiger partial charge on any atom is 0.271 e. The van der Waals surface area contributed by atoms with Crippen LogP contribution in [0.1, 0.15) is 16.3 Å². The highest BCUT2D eigenvalue weighted by Gasteiger charge is 2.16. The van der Waals surface area contributed by atoms with Crippen LogP contribution in [0, 0.1) is 20.8 Å². The van der Waals surface area contributed by atoms with Crippen molar-refractivity contribution in [3.05, 3.63) is 77.1 Å². The third-order valence-electron chi connectivity index (χ3n) is 4.40. The molecule has 3 N–H and O–H groups in total. The Morgan fingerprint density at radius 2 is 1.47 bits per heavy atom. The van der Waals surface area contributed by atoms with Gasteiger partial charge in [0.15, 0.2) is 0 Å². The van der Waals surface area contributed by atoms with E-state index in [2.05, 4.69) is 30.3 Å². The zero-order chi connectivity index (χ0) is 22.7. The third-order valence-corrected chi connectivity index (χ3v) is 7.27. The Bertz CT molecular complexity index is 1350. The van der Waals surface area contributed by atoms with Crippen LogP contribution in [0.3, 0.4) is 0 Å². The highest BCUT2D eigenvalue weighted by Crippen LogP contribution is 2.25. The van der Waals surface area contributed by atoms with Gasteiger partial charge < -0.3 is 10.6 Å². The molecule has 4 aromatic rings. The number of hydrogen-bond acceptors (Lipinski definition) is 8. The highest BCUT2D eigenvalue weighted by atomic mass is 32.2. The average molecular weight is 467 g/mol. The lowest BCUT2D eigenvalue weighted by molar-refractivity contribution is 0.603. The smallest absolute Gasteiger partial charge is 0.271 e. The SMILES string of the molecule is Cc1ccnc(Nc2cc(Nc3ccc(NS(=O)(=O)c4ccc(C)s4)cc3)nc(C)n2)c1. The van der Waals surface area contributed by atoms with E-state index >= 15 is 0 Å². The lowest BCUT2D eigenvalue weighted by atomic mass is 10.3. The van der Waals surface area contributed by atoms with Crippen LogP contribution < -0.4 is 15.4 Å². The van der Waals surface area contributed by atoms with E-state index in [1.165, 1.54) is 11.3 Å². The van der Waals surface area contributed by atoms with Crippen LogP contribution in [0.4, 0.5) is 28.8 Å². The molecule has 32 heavy (non-hydrogen) atoms. The first-order valence-electron chi connectivity index (χ1n) is 9.78. The Hall–Kier alpha value is -3.50. The Balaban J connectivity index is 1.47. The van der Waals surface area contributed by atoms with Gasteiger partial charge in [0, 0.05) is 28.5 Å². The number of aryl methyl sites for hydroxylation is 3. The molecular formula is C22H22N6O2S2. The number of rotatable bonds is 7. The van der Waals surface area contributed by atoms with E-state index in [0.29, 0.717) is 29.0 Å². The highest BCUT2D eigenvalue weighted by molar-refractivity contribution is 7.94. The van der Waals surface area contributed by atoms with E-state index in [1.54, 1.807) is 48.7 Å². The van der Waals surface area contributed by atoms with Crippen LogP contribution in [-0.4, -0.2) is 23.4 Å². The fourth-order valence-electron chi connectivity index (χ4n) is 2.96. The standard InChI is InChI=1S/C22H22N6O2S2/c1-14-10-11-23-19(12-14)27-21-13-20(24-16(3)25-21)26-17-5-7-18(8-6-17)28-32(29,30)22-9-4-15(2)31-22/h4-13,28H,1-3H3,(H2,23,24,25,26,27). The van der Waals surface area contributed by atoms with E-state index in [-0.39, 0.29) is 4.21 Å². The number of benzene rings is 1. The van der Waals surface area contributed by atoms with Crippen LogP contribution in [-0.2, 0) is 10.0 Å². The number of nitrogens with one attached hydrogen (secondary N) is 3. The summed E-state index contributed by atoms with van der Waals surface area (Å²) in [7, 11) is -3.60. The van der Waals surface area contributed by atoms with Gasteiger partial charge in [-0.05, 0) is 74.9 Å². The maximum absolute atomic E-state index is 12.5. The number of aromatic nitrogens is 3. The molecule has 0 saturated heterocycles. The van der Waals surface area contributed by atoms with Gasteiger partial charge in [-0.3, -0.25) is 4.72 Å². The summed E-state index contributed by atoms with van der Waals surface area (Å²) in [5.41, 5.74) is 2.34. The summed E-state index contributed by atoms with van der Waals surface area (Å²) >= 11 is 1.24. The van der Waals surface area contributed by atoms with Gasteiger partial charge in [-0.25, -0.2) is 23.4 Å². The van der Waals surface area contributed by atoms with E-state index in [0.717, 1.165) is 16.1 Å². The van der Waals surface area contributed by atoms with Crippen molar-refractivity contribution in [3.8, 4) is 0 Å². The zero-order valence-electron chi connectivity index (χ0n) is 17.7. The quantitative estimate of drug-likeness (QED) is 0.346. The second kappa shape index (κ2) is 8.93. The van der Waals surface area contributed by atoms with Gasteiger partial charge in [-0.2, -0.15) is 0 Å². The summed E-state index contributed by atoms with van der Waals surface area (Å²) in [5, 5.41) is 6.41. The summed E-state index contributed by atoms with van der Waals surface area (Å²) in [6.45, 7) is 5.68. The Morgan fingerprint density at radius 1 is 0.781 bits per heavy atom. The van der Waals surface area contributed by atoms with E-state index < -0.39 is 10.0 Å². The normalized spacial score (nSPS) is 11.2. The number of pyridine rings is 1. The van der Waals surface area contributed by atoms with Crippen molar-refractivity contribution in [2.45, 2.75) is 25.0 Å². The van der Waals surface area contributed by atoms with Crippen LogP contribution in [0.15, 0.2) is 65.0 Å². The van der Waals surface area contributed by atoms with Crippen molar-refractivity contribution in [1.29, 1.82) is 0 Å². The lowest BCUT2D eigenvalue weighted by Gasteiger charge is -2.11. The topological polar surface area (TPSA) is 109 Å². The van der Waals surface area contributed by atoms with Gasteiger partial charge in [-0.15, -0.1) is 11.3 Å². The molecule has 0 aliphatic heterocycles. The Labute approximate surface area is 190 Å². The monoisotopic (exact) mass is 466 g/mol. The first-order valence-corrected chi connectivity index (χ1v) is 12.1. The van der Waals surface area contributed by atoms with Gasteiger partial charge in [-0.1, -0.05) is 0 Å². The van der Waals surface area contributed by atoms with Gasteiger partial charge in [0.2, 0.25) is 0 Å². The van der Waals surface area contributed by atoms with Gasteiger partial charge >= 0.3 is 0 Å². The molecule has 0 amide bonds. The number of anilines is 5. The largest absolute Gasteiger partial charge is 0.340 e. The predicted octanol–water partition coefficient (Wildman–Crippen LogP) is 5.15. The molecule has 0 radical (unpaired) electrons. The van der Waals surface area contributed by atoms with E-state index in [1.807, 2.05) is 32.9 Å². The molecule has 1 aromatic carbocycles. The number of nitrogens with zero attached hydrogens (tertiary/aromatic N) is 3. The average Bonchev–Trinajstić information content (AvgIpc) is 3.16. The third kappa shape index (κ3) is 5.40. The summed E-state index contributed by atoms with van der Waals surface area (Å²) in [5.74, 6) is 2.52. The lowest BCUT2D eigenvalue weighted by Crippen LogP contribution is -2.11. The van der Waals surface area contributed by atoms with Crippen molar-refractivity contribution in [3.63, 3.8) is 0 Å². The fourth-order valence-corrected chi connectivity index (χ4v) is 5.30. The second-order valence-corrected chi connectivity index (χ2v) is 10.4. The summed E-state index contributed by atoms with van der Waals surface area (Å²) in [4.78, 5) is 14.1. The Morgan fingerprint density at radius 3 is 2.12 bits per heavy atom. The molecule has 0 aliphatic carbocycles. The number of thiophene rings is 1. The maximum atomic E-state index is 12.5. The van der Waals surface area contributed by atoms with Crippen LogP contribution >= 0.6 is 11.3 Å². The minimum Gasteiger partial charge on any atom is -0.340 e. The molecule has 3 heterocycles. The molecule has 0 spiro atoms. The minimum atomic E-state index is -3.60. The zero-order valence-corrected chi connectivity index (χ0v) is 19.4. The van der Waals surface area contributed by atoms with Crippen molar-refractivity contribution >= 4 is 50.2 Å². The van der Waals surface area contributed by atoms with Crippen molar-refractivity contribution in [2.75, 3.05) is 15.4 Å². The van der Waals surface area contributed by atoms with E-state index in [9.17, 15) is 8.42 Å². The summed E-state index contributed by atoms with van der Waals surface area (Å²) in [6.07, 6.45) is 1.74. The van der Waals surface area contributed by atoms with E-state index in [4.69, 9.17) is 0 Å². The Kier molecular flexibility index (Phi) is 6.06. The first kappa shape index (κ1) is 21.7. The molecule has 0 fully saturated rings. The molecule has 10 heteroatoms. The first-order chi connectivity index (χ1) is 15.3.